The second-order valence-electron chi connectivity index (χ2n) is 7.29. The molecule has 1 fully saturated rings. The van der Waals surface area contributed by atoms with Crippen molar-refractivity contribution in [1.29, 1.82) is 0 Å². The van der Waals surface area contributed by atoms with Crippen LogP contribution >= 0.6 is 0 Å². The van der Waals surface area contributed by atoms with E-state index >= 15 is 0 Å². The molecule has 0 bridgehead atoms. The summed E-state index contributed by atoms with van der Waals surface area (Å²) in [5.74, 6) is -0.687. The van der Waals surface area contributed by atoms with Crippen molar-refractivity contribution >= 4 is 31.3 Å². The maximum absolute atomic E-state index is 12.8. The summed E-state index contributed by atoms with van der Waals surface area (Å²) >= 11 is 0. The minimum Gasteiger partial charge on any atom is -0.322 e. The van der Waals surface area contributed by atoms with Crippen LogP contribution in [0.25, 0.3) is 0 Å². The first kappa shape index (κ1) is 20.5. The normalized spacial score (nSPS) is 18.9. The van der Waals surface area contributed by atoms with Gasteiger partial charge in [-0.3, -0.25) is 4.79 Å². The maximum atomic E-state index is 12.8. The van der Waals surface area contributed by atoms with E-state index in [0.717, 1.165) is 5.56 Å². The summed E-state index contributed by atoms with van der Waals surface area (Å²) in [6, 6.07) is 13.2. The summed E-state index contributed by atoms with van der Waals surface area (Å²) in [7, 11) is -7.14. The fraction of sp³-hybridized carbons (Fsp3) is 0.350. The van der Waals surface area contributed by atoms with Gasteiger partial charge in [-0.2, -0.15) is 0 Å². The highest BCUT2D eigenvalue weighted by atomic mass is 32.2. The molecule has 8 heteroatoms. The van der Waals surface area contributed by atoms with Crippen molar-refractivity contribution in [2.75, 3.05) is 16.8 Å². The van der Waals surface area contributed by atoms with Crippen LogP contribution in [0.15, 0.2) is 53.4 Å². The number of para-hydroxylation sites is 1. The summed E-state index contributed by atoms with van der Waals surface area (Å²) < 4.78 is 48.9. The number of nitrogens with one attached hydrogen (secondary N) is 1. The third-order valence-corrected chi connectivity index (χ3v) is 9.06. The van der Waals surface area contributed by atoms with Crippen molar-refractivity contribution in [3.63, 3.8) is 0 Å². The van der Waals surface area contributed by atoms with Gasteiger partial charge in [-0.05, 0) is 42.2 Å². The lowest BCUT2D eigenvalue weighted by Gasteiger charge is -2.14. The van der Waals surface area contributed by atoms with E-state index in [1.54, 1.807) is 6.07 Å². The molecule has 1 atom stereocenters. The standard InChI is InChI=1S/C20H23NO5S2/c1-14(2)18-8-3-4-9-19(18)21-20(22)15-6-5-7-16(12-15)28(25,26)17-10-11-27(23,24)13-17/h3-9,12,14,17H,10-11,13H2,1-2H3,(H,21,22). The number of amides is 1. The SMILES string of the molecule is CC(C)c1ccccc1NC(=O)c1cccc(S(=O)(=O)C2CCS(=O)(=O)C2)c1. The van der Waals surface area contributed by atoms with Gasteiger partial charge < -0.3 is 5.32 Å². The van der Waals surface area contributed by atoms with Gasteiger partial charge in [0.15, 0.2) is 19.7 Å². The second-order valence-corrected chi connectivity index (χ2v) is 11.8. The number of benzene rings is 2. The Kier molecular flexibility index (Phi) is 5.63. The van der Waals surface area contributed by atoms with Gasteiger partial charge in [-0.15, -0.1) is 0 Å². The number of anilines is 1. The van der Waals surface area contributed by atoms with Crippen molar-refractivity contribution in [2.45, 2.75) is 36.3 Å². The van der Waals surface area contributed by atoms with Crippen molar-refractivity contribution in [1.82, 2.24) is 0 Å². The zero-order valence-corrected chi connectivity index (χ0v) is 17.4. The Bertz CT molecular complexity index is 1100. The smallest absolute Gasteiger partial charge is 0.255 e. The first-order valence-electron chi connectivity index (χ1n) is 9.05. The Balaban J connectivity index is 1.87. The van der Waals surface area contributed by atoms with Gasteiger partial charge in [0.1, 0.15) is 0 Å². The monoisotopic (exact) mass is 421 g/mol. The van der Waals surface area contributed by atoms with Crippen LogP contribution in [-0.2, 0) is 19.7 Å². The molecule has 3 rings (SSSR count). The summed E-state index contributed by atoms with van der Waals surface area (Å²) in [6.07, 6.45) is 0.0862. The summed E-state index contributed by atoms with van der Waals surface area (Å²) in [5.41, 5.74) is 1.87. The molecule has 2 aromatic carbocycles. The van der Waals surface area contributed by atoms with E-state index in [2.05, 4.69) is 5.32 Å². The first-order chi connectivity index (χ1) is 13.1. The molecule has 2 aromatic rings. The molecule has 1 heterocycles. The minimum absolute atomic E-state index is 0.0283. The van der Waals surface area contributed by atoms with Gasteiger partial charge in [-0.25, -0.2) is 16.8 Å². The van der Waals surface area contributed by atoms with Crippen LogP contribution in [0.1, 0.15) is 42.1 Å². The fourth-order valence-corrected chi connectivity index (χ4v) is 7.72. The predicted molar refractivity (Wildman–Crippen MR) is 109 cm³/mol. The molecule has 6 nitrogen and oxygen atoms in total. The molecule has 28 heavy (non-hydrogen) atoms. The molecule has 1 aliphatic rings. The Labute approximate surface area is 165 Å². The fourth-order valence-electron chi connectivity index (χ4n) is 3.32. The number of hydrogen-bond donors (Lipinski definition) is 1. The minimum atomic E-state index is -3.82. The molecule has 0 radical (unpaired) electrons. The second kappa shape index (κ2) is 7.67. The summed E-state index contributed by atoms with van der Waals surface area (Å²) in [5, 5.41) is 1.88. The molecule has 1 aliphatic heterocycles. The van der Waals surface area contributed by atoms with Crippen LogP contribution in [0.4, 0.5) is 5.69 Å². The van der Waals surface area contributed by atoms with Gasteiger partial charge in [0.25, 0.3) is 5.91 Å². The maximum Gasteiger partial charge on any atom is 0.255 e. The number of carbonyl (C=O) groups excluding carboxylic acids is 1. The van der Waals surface area contributed by atoms with Gasteiger partial charge >= 0.3 is 0 Å². The third kappa shape index (κ3) is 4.28. The van der Waals surface area contributed by atoms with E-state index in [9.17, 15) is 21.6 Å². The van der Waals surface area contributed by atoms with Crippen molar-refractivity contribution in [3.05, 3.63) is 59.7 Å². The van der Waals surface area contributed by atoms with Crippen LogP contribution in [0.2, 0.25) is 0 Å². The predicted octanol–water partition coefficient (Wildman–Crippen LogP) is 3.02. The van der Waals surface area contributed by atoms with Crippen molar-refractivity contribution < 1.29 is 21.6 Å². The molecule has 0 aliphatic carbocycles. The van der Waals surface area contributed by atoms with E-state index < -0.39 is 30.8 Å². The Hall–Kier alpha value is -2.19. The van der Waals surface area contributed by atoms with Crippen molar-refractivity contribution in [2.24, 2.45) is 0 Å². The third-order valence-electron chi connectivity index (χ3n) is 4.89. The highest BCUT2D eigenvalue weighted by Gasteiger charge is 2.38. The van der Waals surface area contributed by atoms with Gasteiger partial charge in [0, 0.05) is 11.3 Å². The number of hydrogen-bond acceptors (Lipinski definition) is 5. The van der Waals surface area contributed by atoms with Gasteiger partial charge in [0.05, 0.1) is 21.7 Å². The highest BCUT2D eigenvalue weighted by Crippen LogP contribution is 2.27. The van der Waals surface area contributed by atoms with Crippen LogP contribution in [-0.4, -0.2) is 39.5 Å². The Morgan fingerprint density at radius 2 is 1.82 bits per heavy atom. The summed E-state index contributed by atoms with van der Waals surface area (Å²) in [4.78, 5) is 12.7. The molecule has 1 saturated heterocycles. The van der Waals surface area contributed by atoms with Gasteiger partial charge in [-0.1, -0.05) is 38.1 Å². The molecule has 0 aromatic heterocycles. The molecular weight excluding hydrogens is 398 g/mol. The van der Waals surface area contributed by atoms with E-state index in [-0.39, 0.29) is 34.3 Å². The molecule has 0 saturated carbocycles. The molecule has 1 N–H and O–H groups in total. The summed E-state index contributed by atoms with van der Waals surface area (Å²) in [6.45, 7) is 4.04. The molecule has 150 valence electrons. The molecular formula is C20H23NO5S2. The molecule has 1 unspecified atom stereocenters. The highest BCUT2D eigenvalue weighted by molar-refractivity contribution is 7.96. The zero-order valence-electron chi connectivity index (χ0n) is 15.8. The zero-order chi connectivity index (χ0) is 20.5. The van der Waals surface area contributed by atoms with Crippen LogP contribution < -0.4 is 5.32 Å². The first-order valence-corrected chi connectivity index (χ1v) is 12.4. The van der Waals surface area contributed by atoms with E-state index in [1.807, 2.05) is 32.0 Å². The van der Waals surface area contributed by atoms with E-state index in [1.165, 1.54) is 24.3 Å². The lowest BCUT2D eigenvalue weighted by atomic mass is 10.0. The average molecular weight is 422 g/mol. The number of sulfone groups is 2. The molecule has 0 spiro atoms. The number of rotatable bonds is 5. The molecule has 1 amide bonds. The number of carbonyl (C=O) groups is 1. The Morgan fingerprint density at radius 3 is 2.46 bits per heavy atom. The largest absolute Gasteiger partial charge is 0.322 e. The lowest BCUT2D eigenvalue weighted by molar-refractivity contribution is 0.102. The average Bonchev–Trinajstić information content (AvgIpc) is 3.02. The van der Waals surface area contributed by atoms with E-state index in [0.29, 0.717) is 5.69 Å². The topological polar surface area (TPSA) is 97.4 Å². The quantitative estimate of drug-likeness (QED) is 0.800. The van der Waals surface area contributed by atoms with Crippen LogP contribution in [0.5, 0.6) is 0 Å². The van der Waals surface area contributed by atoms with Crippen molar-refractivity contribution in [3.8, 4) is 0 Å². The Morgan fingerprint density at radius 1 is 1.11 bits per heavy atom. The van der Waals surface area contributed by atoms with Crippen LogP contribution in [0.3, 0.4) is 0 Å². The van der Waals surface area contributed by atoms with Crippen LogP contribution in [0, 0.1) is 0 Å². The van der Waals surface area contributed by atoms with Gasteiger partial charge in [0.2, 0.25) is 0 Å². The lowest BCUT2D eigenvalue weighted by Crippen LogP contribution is -2.23. The van der Waals surface area contributed by atoms with E-state index in [4.69, 9.17) is 0 Å².